The second-order valence-electron chi connectivity index (χ2n) is 9.56. The molecule has 2 aromatic rings. The van der Waals surface area contributed by atoms with Crippen molar-refractivity contribution in [1.29, 1.82) is 0 Å². The number of carbonyl (C=O) groups is 2. The highest BCUT2D eigenvalue weighted by Gasteiger charge is 2.40. The molecule has 0 bridgehead atoms. The number of amides is 2. The average molecular weight is 526 g/mol. The fourth-order valence-electron chi connectivity index (χ4n) is 5.37. The van der Waals surface area contributed by atoms with E-state index in [-0.39, 0.29) is 29.5 Å². The highest BCUT2D eigenvalue weighted by molar-refractivity contribution is 6.35. The van der Waals surface area contributed by atoms with Crippen LogP contribution < -0.4 is 15.4 Å². The van der Waals surface area contributed by atoms with E-state index < -0.39 is 0 Å². The molecule has 0 unspecified atom stereocenters. The van der Waals surface area contributed by atoms with Crippen LogP contribution in [0.2, 0.25) is 5.02 Å². The maximum Gasteiger partial charge on any atom is 0.261 e. The Morgan fingerprint density at radius 3 is 2.73 bits per heavy atom. The van der Waals surface area contributed by atoms with E-state index >= 15 is 0 Å². The Hall–Kier alpha value is -3.30. The SMILES string of the molecule is C=CC(=O)N1CCN2C(=O)c3c(N4CCOCC4)nc(-c4cc(N)cc(CC)c4C)c(Cl)c3OC[C@H]2C1. The molecule has 0 radical (unpaired) electrons. The van der Waals surface area contributed by atoms with E-state index in [1.165, 1.54) is 6.08 Å². The number of halogens is 1. The van der Waals surface area contributed by atoms with Crippen molar-refractivity contribution in [3.63, 3.8) is 0 Å². The zero-order chi connectivity index (χ0) is 26.3. The third kappa shape index (κ3) is 4.51. The largest absolute Gasteiger partial charge is 0.489 e. The second kappa shape index (κ2) is 10.2. The van der Waals surface area contributed by atoms with Crippen LogP contribution >= 0.6 is 11.6 Å². The predicted octanol–water partition coefficient (Wildman–Crippen LogP) is 2.92. The molecule has 196 valence electrons. The summed E-state index contributed by atoms with van der Waals surface area (Å²) in [4.78, 5) is 36.9. The first-order valence-electron chi connectivity index (χ1n) is 12.6. The molecule has 2 amide bonds. The molecule has 1 aromatic carbocycles. The topological polar surface area (TPSA) is 101 Å². The number of rotatable bonds is 4. The Morgan fingerprint density at radius 1 is 1.27 bits per heavy atom. The van der Waals surface area contributed by atoms with Crippen LogP contribution in [-0.4, -0.2) is 85.2 Å². The van der Waals surface area contributed by atoms with E-state index in [1.807, 2.05) is 19.1 Å². The number of anilines is 2. The Labute approximate surface area is 221 Å². The number of hydrogen-bond acceptors (Lipinski definition) is 7. The van der Waals surface area contributed by atoms with E-state index in [0.717, 1.165) is 23.1 Å². The van der Waals surface area contributed by atoms with Crippen molar-refractivity contribution in [1.82, 2.24) is 14.8 Å². The van der Waals surface area contributed by atoms with Gasteiger partial charge in [0.15, 0.2) is 5.75 Å². The normalized spacial score (nSPS) is 19.6. The fourth-order valence-corrected chi connectivity index (χ4v) is 5.66. The number of nitrogen functional groups attached to an aromatic ring is 1. The van der Waals surface area contributed by atoms with Gasteiger partial charge in [-0.25, -0.2) is 4.98 Å². The second-order valence-corrected chi connectivity index (χ2v) is 9.94. The van der Waals surface area contributed by atoms with Crippen LogP contribution in [-0.2, 0) is 16.0 Å². The molecule has 1 atom stereocenters. The third-order valence-electron chi connectivity index (χ3n) is 7.42. The van der Waals surface area contributed by atoms with Crippen molar-refractivity contribution in [2.45, 2.75) is 26.3 Å². The van der Waals surface area contributed by atoms with Crippen molar-refractivity contribution in [2.75, 3.05) is 63.2 Å². The molecule has 3 aliphatic heterocycles. The van der Waals surface area contributed by atoms with Crippen LogP contribution in [0.1, 0.15) is 28.4 Å². The number of ether oxygens (including phenoxy) is 2. The van der Waals surface area contributed by atoms with Gasteiger partial charge in [0.25, 0.3) is 5.91 Å². The number of aryl methyl sites for hydroxylation is 1. The Kier molecular flexibility index (Phi) is 7.00. The number of nitrogens with two attached hydrogens (primary N) is 1. The molecule has 9 nitrogen and oxygen atoms in total. The molecule has 1 aromatic heterocycles. The molecule has 37 heavy (non-hydrogen) atoms. The zero-order valence-electron chi connectivity index (χ0n) is 21.3. The first-order valence-corrected chi connectivity index (χ1v) is 13.0. The van der Waals surface area contributed by atoms with Gasteiger partial charge in [-0.05, 0) is 42.7 Å². The minimum atomic E-state index is -0.310. The summed E-state index contributed by atoms with van der Waals surface area (Å²) >= 11 is 7.01. The van der Waals surface area contributed by atoms with Crippen LogP contribution in [0, 0.1) is 6.92 Å². The number of piperazine rings is 1. The Morgan fingerprint density at radius 2 is 2.03 bits per heavy atom. The summed E-state index contributed by atoms with van der Waals surface area (Å²) in [7, 11) is 0. The maximum atomic E-state index is 14.0. The smallest absolute Gasteiger partial charge is 0.261 e. The van der Waals surface area contributed by atoms with Crippen LogP contribution in [0.25, 0.3) is 11.3 Å². The summed E-state index contributed by atoms with van der Waals surface area (Å²) in [5.74, 6) is 0.514. The van der Waals surface area contributed by atoms with E-state index in [9.17, 15) is 9.59 Å². The third-order valence-corrected chi connectivity index (χ3v) is 7.77. The molecule has 5 rings (SSSR count). The minimum Gasteiger partial charge on any atom is -0.489 e. The summed E-state index contributed by atoms with van der Waals surface area (Å²) in [6.07, 6.45) is 2.11. The summed E-state index contributed by atoms with van der Waals surface area (Å²) < 4.78 is 11.9. The molecule has 4 heterocycles. The van der Waals surface area contributed by atoms with Gasteiger partial charge in [-0.15, -0.1) is 0 Å². The molecule has 10 heteroatoms. The van der Waals surface area contributed by atoms with Crippen LogP contribution in [0.3, 0.4) is 0 Å². The van der Waals surface area contributed by atoms with Crippen molar-refractivity contribution in [3.05, 3.63) is 46.5 Å². The van der Waals surface area contributed by atoms with Gasteiger partial charge in [-0.1, -0.05) is 25.1 Å². The molecule has 0 saturated carbocycles. The standard InChI is InChI=1S/C27H32ClN5O4/c1-4-17-12-18(29)13-20(16(17)3)24-23(28)25-22(26(30-24)31-8-10-36-11-9-31)27(35)33-7-6-32(21(34)5-2)14-19(33)15-37-25/h5,12-13,19H,2,4,6-11,14-15,29H2,1,3H3/t19-/m1/s1. The van der Waals surface area contributed by atoms with Crippen LogP contribution in [0.4, 0.5) is 11.5 Å². The number of aromatic nitrogens is 1. The lowest BCUT2D eigenvalue weighted by Gasteiger charge is -2.39. The maximum absolute atomic E-state index is 14.0. The van der Waals surface area contributed by atoms with Crippen molar-refractivity contribution < 1.29 is 19.1 Å². The first kappa shape index (κ1) is 25.4. The molecule has 2 fully saturated rings. The Bertz CT molecular complexity index is 1260. The zero-order valence-corrected chi connectivity index (χ0v) is 22.0. The highest BCUT2D eigenvalue weighted by atomic mass is 35.5. The number of nitrogens with zero attached hydrogens (tertiary/aromatic N) is 4. The summed E-state index contributed by atoms with van der Waals surface area (Å²) in [5.41, 5.74) is 10.7. The number of fused-ring (bicyclic) bond motifs is 2. The number of benzene rings is 1. The molecular weight excluding hydrogens is 494 g/mol. The van der Waals surface area contributed by atoms with Gasteiger partial charge in [0.1, 0.15) is 23.0 Å². The molecular formula is C27H32ClN5O4. The van der Waals surface area contributed by atoms with Crippen molar-refractivity contribution in [2.24, 2.45) is 0 Å². The van der Waals surface area contributed by atoms with E-state index in [1.54, 1.807) is 9.80 Å². The fraction of sp³-hybridized carbons (Fsp3) is 0.444. The molecule has 3 aliphatic rings. The van der Waals surface area contributed by atoms with Crippen LogP contribution in [0.5, 0.6) is 5.75 Å². The van der Waals surface area contributed by atoms with Crippen molar-refractivity contribution >= 4 is 34.9 Å². The molecule has 0 aliphatic carbocycles. The minimum absolute atomic E-state index is 0.159. The molecule has 2 N–H and O–H groups in total. The van der Waals surface area contributed by atoms with Gasteiger partial charge in [0.05, 0.1) is 24.9 Å². The number of pyridine rings is 1. The average Bonchev–Trinajstić information content (AvgIpc) is 3.06. The summed E-state index contributed by atoms with van der Waals surface area (Å²) in [5, 5.41) is 0.287. The predicted molar refractivity (Wildman–Crippen MR) is 143 cm³/mol. The monoisotopic (exact) mass is 525 g/mol. The number of hydrogen-bond donors (Lipinski definition) is 1. The Balaban J connectivity index is 1.66. The highest BCUT2D eigenvalue weighted by Crippen LogP contribution is 2.45. The number of morpholine rings is 1. The number of carbonyl (C=O) groups excluding carboxylic acids is 2. The first-order chi connectivity index (χ1) is 17.8. The lowest BCUT2D eigenvalue weighted by molar-refractivity contribution is -0.128. The molecule has 0 spiro atoms. The molecule has 2 saturated heterocycles. The van der Waals surface area contributed by atoms with E-state index in [0.29, 0.717) is 74.4 Å². The van der Waals surface area contributed by atoms with Gasteiger partial charge in [0, 0.05) is 44.0 Å². The van der Waals surface area contributed by atoms with Crippen LogP contribution in [0.15, 0.2) is 24.8 Å². The van der Waals surface area contributed by atoms with Crippen molar-refractivity contribution in [3.8, 4) is 17.0 Å². The van der Waals surface area contributed by atoms with Gasteiger partial charge >= 0.3 is 0 Å². The van der Waals surface area contributed by atoms with E-state index in [2.05, 4.69) is 18.4 Å². The lowest BCUT2D eigenvalue weighted by atomic mass is 9.96. The van der Waals surface area contributed by atoms with Gasteiger partial charge < -0.3 is 29.9 Å². The quantitative estimate of drug-likeness (QED) is 0.484. The van der Waals surface area contributed by atoms with Gasteiger partial charge in [-0.2, -0.15) is 0 Å². The summed E-state index contributed by atoms with van der Waals surface area (Å²) in [6.45, 7) is 11.3. The lowest BCUT2D eigenvalue weighted by Crippen LogP contribution is -2.57. The van der Waals surface area contributed by atoms with E-state index in [4.69, 9.17) is 31.8 Å². The van der Waals surface area contributed by atoms with Gasteiger partial charge in [-0.3, -0.25) is 9.59 Å². The summed E-state index contributed by atoms with van der Waals surface area (Å²) in [6, 6.07) is 3.53. The van der Waals surface area contributed by atoms with Gasteiger partial charge in [0.2, 0.25) is 5.91 Å².